The van der Waals surface area contributed by atoms with Crippen LogP contribution in [0.5, 0.6) is 11.5 Å². The van der Waals surface area contributed by atoms with Gasteiger partial charge >= 0.3 is 0 Å². The van der Waals surface area contributed by atoms with Gasteiger partial charge in [0.25, 0.3) is 0 Å². The van der Waals surface area contributed by atoms with E-state index in [1.165, 1.54) is 0 Å². The molecule has 0 bridgehead atoms. The Kier molecular flexibility index (Phi) is 4.15. The Bertz CT molecular complexity index is 582. The van der Waals surface area contributed by atoms with Crippen LogP contribution in [0.3, 0.4) is 0 Å². The van der Waals surface area contributed by atoms with Gasteiger partial charge in [0.15, 0.2) is 0 Å². The van der Waals surface area contributed by atoms with Crippen molar-refractivity contribution < 1.29 is 9.53 Å². The van der Waals surface area contributed by atoms with Crippen LogP contribution >= 0.6 is 0 Å². The molecule has 2 aromatic rings. The number of rotatable bonds is 4. The summed E-state index contributed by atoms with van der Waals surface area (Å²) in [5.41, 5.74) is 7.05. The summed E-state index contributed by atoms with van der Waals surface area (Å²) in [6.07, 6.45) is 0. The lowest BCUT2D eigenvalue weighted by Gasteiger charge is -2.09. The van der Waals surface area contributed by atoms with Gasteiger partial charge in [-0.2, -0.15) is 0 Å². The molecule has 0 heterocycles. The average Bonchev–Trinajstić information content (AvgIpc) is 2.39. The lowest BCUT2D eigenvalue weighted by molar-refractivity contribution is -0.114. The molecule has 0 saturated carbocycles. The van der Waals surface area contributed by atoms with Gasteiger partial charge < -0.3 is 15.8 Å². The highest BCUT2D eigenvalue weighted by Gasteiger charge is 2.02. The monoisotopic (exact) mass is 256 g/mol. The topological polar surface area (TPSA) is 64.3 Å². The van der Waals surface area contributed by atoms with Crippen molar-refractivity contribution in [3.8, 4) is 11.5 Å². The number of amides is 1. The quantitative estimate of drug-likeness (QED) is 0.884. The van der Waals surface area contributed by atoms with Crippen LogP contribution in [0.2, 0.25) is 0 Å². The molecule has 0 aromatic heterocycles. The predicted molar refractivity (Wildman–Crippen MR) is 75.4 cm³/mol. The number of carbonyl (C=O) groups excluding carboxylic acids is 1. The van der Waals surface area contributed by atoms with Crippen molar-refractivity contribution in [3.63, 3.8) is 0 Å². The van der Waals surface area contributed by atoms with Gasteiger partial charge in [-0.25, -0.2) is 0 Å². The van der Waals surface area contributed by atoms with Crippen LogP contribution in [0.4, 0.5) is 5.69 Å². The van der Waals surface area contributed by atoms with Gasteiger partial charge in [-0.3, -0.25) is 4.79 Å². The first kappa shape index (κ1) is 13.1. The summed E-state index contributed by atoms with van der Waals surface area (Å²) in [6.45, 7) is 1.97. The molecule has 4 heteroatoms. The minimum absolute atomic E-state index is 0.0387. The van der Waals surface area contributed by atoms with Gasteiger partial charge in [0.1, 0.15) is 11.5 Å². The highest BCUT2D eigenvalue weighted by atomic mass is 16.5. The summed E-state index contributed by atoms with van der Waals surface area (Å²) in [4.78, 5) is 11.2. The van der Waals surface area contributed by atoms with Crippen LogP contribution in [0.1, 0.15) is 5.56 Å². The summed E-state index contributed by atoms with van der Waals surface area (Å²) < 4.78 is 5.73. The molecule has 1 amide bonds. The highest BCUT2D eigenvalue weighted by molar-refractivity contribution is 5.92. The Balaban J connectivity index is 2.13. The van der Waals surface area contributed by atoms with E-state index in [-0.39, 0.29) is 12.5 Å². The lowest BCUT2D eigenvalue weighted by Crippen LogP contribution is -2.21. The molecule has 0 aliphatic rings. The fourth-order valence-corrected chi connectivity index (χ4v) is 1.66. The summed E-state index contributed by atoms with van der Waals surface area (Å²) in [7, 11) is 0. The average molecular weight is 256 g/mol. The minimum Gasteiger partial charge on any atom is -0.457 e. The van der Waals surface area contributed by atoms with E-state index < -0.39 is 0 Å². The number of anilines is 1. The van der Waals surface area contributed by atoms with Crippen molar-refractivity contribution in [2.24, 2.45) is 5.73 Å². The second-order valence-electron chi connectivity index (χ2n) is 4.20. The molecule has 0 saturated heterocycles. The molecule has 3 N–H and O–H groups in total. The normalized spacial score (nSPS) is 10.0. The number of carbonyl (C=O) groups is 1. The van der Waals surface area contributed by atoms with Crippen molar-refractivity contribution in [1.29, 1.82) is 0 Å². The molecule has 2 rings (SSSR count). The smallest absolute Gasteiger partial charge is 0.238 e. The highest BCUT2D eigenvalue weighted by Crippen LogP contribution is 2.24. The van der Waals surface area contributed by atoms with E-state index in [0.717, 1.165) is 11.3 Å². The van der Waals surface area contributed by atoms with E-state index in [2.05, 4.69) is 5.32 Å². The predicted octanol–water partition coefficient (Wildman–Crippen LogP) is 2.68. The molecule has 0 radical (unpaired) electrons. The van der Waals surface area contributed by atoms with Crippen LogP contribution in [0.15, 0.2) is 48.5 Å². The Hall–Kier alpha value is -2.33. The van der Waals surface area contributed by atoms with E-state index >= 15 is 0 Å². The van der Waals surface area contributed by atoms with Crippen LogP contribution < -0.4 is 15.8 Å². The molecular weight excluding hydrogens is 240 g/mol. The van der Waals surface area contributed by atoms with Gasteiger partial charge in [-0.1, -0.05) is 18.2 Å². The first-order valence-corrected chi connectivity index (χ1v) is 6.02. The van der Waals surface area contributed by atoms with E-state index in [4.69, 9.17) is 10.5 Å². The molecule has 2 aromatic carbocycles. The van der Waals surface area contributed by atoms with Crippen molar-refractivity contribution in [2.75, 3.05) is 11.9 Å². The van der Waals surface area contributed by atoms with Crippen molar-refractivity contribution in [3.05, 3.63) is 54.1 Å². The fourth-order valence-electron chi connectivity index (χ4n) is 1.66. The number of ether oxygens (including phenoxy) is 1. The largest absolute Gasteiger partial charge is 0.457 e. The number of hydrogen-bond donors (Lipinski definition) is 2. The first-order chi connectivity index (χ1) is 9.17. The Morgan fingerprint density at radius 1 is 1.16 bits per heavy atom. The number of benzene rings is 2. The summed E-state index contributed by atoms with van der Waals surface area (Å²) in [6, 6.07) is 15.0. The molecule has 19 heavy (non-hydrogen) atoms. The number of nitrogens with two attached hydrogens (primary N) is 1. The number of hydrogen-bond acceptors (Lipinski definition) is 3. The van der Waals surface area contributed by atoms with Gasteiger partial charge in [0, 0.05) is 11.8 Å². The van der Waals surface area contributed by atoms with Gasteiger partial charge in [-0.05, 0) is 36.8 Å². The van der Waals surface area contributed by atoms with Crippen LogP contribution in [-0.4, -0.2) is 12.5 Å². The van der Waals surface area contributed by atoms with E-state index in [1.54, 1.807) is 12.1 Å². The summed E-state index contributed by atoms with van der Waals surface area (Å²) in [5.74, 6) is 1.20. The molecule has 0 aliphatic carbocycles. The number of aryl methyl sites for hydroxylation is 1. The SMILES string of the molecule is Cc1cccc(Oc2cccc(NC(=O)CN)c2)c1. The van der Waals surface area contributed by atoms with Crippen LogP contribution in [0.25, 0.3) is 0 Å². The second kappa shape index (κ2) is 6.02. The van der Waals surface area contributed by atoms with Crippen molar-refractivity contribution in [1.82, 2.24) is 0 Å². The van der Waals surface area contributed by atoms with Gasteiger partial charge in [0.2, 0.25) is 5.91 Å². The third-order valence-corrected chi connectivity index (χ3v) is 2.53. The standard InChI is InChI=1S/C15H16N2O2/c1-11-4-2-6-13(8-11)19-14-7-3-5-12(9-14)17-15(18)10-16/h2-9H,10,16H2,1H3,(H,17,18). The van der Waals surface area contributed by atoms with Crippen LogP contribution in [-0.2, 0) is 4.79 Å². The Morgan fingerprint density at radius 2 is 1.84 bits per heavy atom. The van der Waals surface area contributed by atoms with Crippen molar-refractivity contribution >= 4 is 11.6 Å². The lowest BCUT2D eigenvalue weighted by atomic mass is 10.2. The maximum atomic E-state index is 11.2. The zero-order chi connectivity index (χ0) is 13.7. The molecular formula is C15H16N2O2. The summed E-state index contributed by atoms with van der Waals surface area (Å²) >= 11 is 0. The van der Waals surface area contributed by atoms with Gasteiger partial charge in [0.05, 0.1) is 6.54 Å². The van der Waals surface area contributed by atoms with E-state index in [9.17, 15) is 4.79 Å². The third-order valence-electron chi connectivity index (χ3n) is 2.53. The zero-order valence-electron chi connectivity index (χ0n) is 10.7. The fraction of sp³-hybridized carbons (Fsp3) is 0.133. The van der Waals surface area contributed by atoms with E-state index in [0.29, 0.717) is 11.4 Å². The van der Waals surface area contributed by atoms with E-state index in [1.807, 2.05) is 43.3 Å². The molecule has 0 fully saturated rings. The minimum atomic E-state index is -0.229. The molecule has 98 valence electrons. The summed E-state index contributed by atoms with van der Waals surface area (Å²) in [5, 5.41) is 2.69. The zero-order valence-corrected chi connectivity index (χ0v) is 10.7. The maximum absolute atomic E-state index is 11.2. The van der Waals surface area contributed by atoms with Crippen molar-refractivity contribution in [2.45, 2.75) is 6.92 Å². The first-order valence-electron chi connectivity index (χ1n) is 6.02. The Morgan fingerprint density at radius 3 is 2.53 bits per heavy atom. The Labute approximate surface area is 112 Å². The molecule has 0 atom stereocenters. The molecule has 0 unspecified atom stereocenters. The molecule has 0 aliphatic heterocycles. The third kappa shape index (κ3) is 3.82. The van der Waals surface area contributed by atoms with Gasteiger partial charge in [-0.15, -0.1) is 0 Å². The molecule has 4 nitrogen and oxygen atoms in total. The maximum Gasteiger partial charge on any atom is 0.238 e. The molecule has 0 spiro atoms. The second-order valence-corrected chi connectivity index (χ2v) is 4.20. The number of nitrogens with one attached hydrogen (secondary N) is 1. The van der Waals surface area contributed by atoms with Crippen LogP contribution in [0, 0.1) is 6.92 Å².